The molecule has 0 saturated carbocycles. The zero-order valence-electron chi connectivity index (χ0n) is 4.70. The maximum absolute atomic E-state index is 10.1. The fourth-order valence-corrected chi connectivity index (χ4v) is 0.550. The number of carboxylic acid groups (broad SMARTS) is 1. The maximum atomic E-state index is 10.1. The summed E-state index contributed by atoms with van der Waals surface area (Å²) in [7, 11) is 0. The van der Waals surface area contributed by atoms with Gasteiger partial charge in [-0.1, -0.05) is 6.08 Å². The molecule has 0 radical (unpaired) electrons. The van der Waals surface area contributed by atoms with E-state index in [1.54, 1.807) is 6.08 Å². The molecule has 0 aromatic heterocycles. The molecule has 0 spiro atoms. The number of hydroxylamine groups is 1. The fraction of sp³-hybridized carbons (Fsp3) is 0.400. The number of carboxylic acids is 1. The van der Waals surface area contributed by atoms with Crippen molar-refractivity contribution in [2.75, 3.05) is 6.54 Å². The SMILES string of the molecule is O=C(O)C1C=CCNO1. The number of carbonyl (C=O) groups is 1. The minimum atomic E-state index is -0.974. The third-order valence-electron chi connectivity index (χ3n) is 0.966. The smallest absolute Gasteiger partial charge is 0.339 e. The largest absolute Gasteiger partial charge is 0.479 e. The summed E-state index contributed by atoms with van der Waals surface area (Å²) in [6.45, 7) is 0.573. The Bertz CT molecular complexity index is 143. The molecule has 0 fully saturated rings. The third kappa shape index (κ3) is 1.51. The number of nitrogens with one attached hydrogen (secondary N) is 1. The van der Waals surface area contributed by atoms with Crippen molar-refractivity contribution in [2.24, 2.45) is 0 Å². The van der Waals surface area contributed by atoms with E-state index in [-0.39, 0.29) is 0 Å². The molecular weight excluding hydrogens is 122 g/mol. The van der Waals surface area contributed by atoms with Crippen LogP contribution in [-0.2, 0) is 9.63 Å². The quantitative estimate of drug-likeness (QED) is 0.470. The molecule has 0 amide bonds. The summed E-state index contributed by atoms with van der Waals surface area (Å²) >= 11 is 0. The summed E-state index contributed by atoms with van der Waals surface area (Å²) in [4.78, 5) is 14.7. The zero-order chi connectivity index (χ0) is 6.69. The van der Waals surface area contributed by atoms with Crippen molar-refractivity contribution in [3.05, 3.63) is 12.2 Å². The molecule has 0 saturated heterocycles. The van der Waals surface area contributed by atoms with Gasteiger partial charge in [-0.3, -0.25) is 4.84 Å². The molecule has 1 rings (SSSR count). The summed E-state index contributed by atoms with van der Waals surface area (Å²) < 4.78 is 0. The highest BCUT2D eigenvalue weighted by Crippen LogP contribution is 1.95. The van der Waals surface area contributed by atoms with Crippen LogP contribution in [0.3, 0.4) is 0 Å². The van der Waals surface area contributed by atoms with E-state index in [9.17, 15) is 4.79 Å². The number of hydrogen-bond donors (Lipinski definition) is 2. The number of hydrogen-bond acceptors (Lipinski definition) is 3. The van der Waals surface area contributed by atoms with Gasteiger partial charge in [-0.15, -0.1) is 0 Å². The predicted molar refractivity (Wildman–Crippen MR) is 29.7 cm³/mol. The van der Waals surface area contributed by atoms with Gasteiger partial charge in [0.1, 0.15) is 0 Å². The van der Waals surface area contributed by atoms with E-state index in [1.165, 1.54) is 6.08 Å². The molecule has 1 unspecified atom stereocenters. The maximum Gasteiger partial charge on any atom is 0.339 e. The second-order valence-electron chi connectivity index (χ2n) is 1.65. The van der Waals surface area contributed by atoms with Crippen molar-refractivity contribution < 1.29 is 14.7 Å². The molecule has 1 aliphatic heterocycles. The Morgan fingerprint density at radius 2 is 2.67 bits per heavy atom. The fourth-order valence-electron chi connectivity index (χ4n) is 0.550. The van der Waals surface area contributed by atoms with Gasteiger partial charge in [0.25, 0.3) is 0 Å². The molecule has 50 valence electrons. The van der Waals surface area contributed by atoms with Crippen LogP contribution in [0.15, 0.2) is 12.2 Å². The Hall–Kier alpha value is -0.870. The molecule has 0 aromatic carbocycles. The standard InChI is InChI=1S/C5H7NO3/c7-5(8)4-2-1-3-6-9-4/h1-2,4,6H,3H2,(H,7,8). The normalized spacial score (nSPS) is 26.0. The summed E-state index contributed by atoms with van der Waals surface area (Å²) in [6.07, 6.45) is 2.39. The Balaban J connectivity index is 2.50. The van der Waals surface area contributed by atoms with Crippen molar-refractivity contribution >= 4 is 5.97 Å². The monoisotopic (exact) mass is 129 g/mol. The minimum absolute atomic E-state index is 0.573. The highest BCUT2D eigenvalue weighted by molar-refractivity contribution is 5.74. The second kappa shape index (κ2) is 2.61. The van der Waals surface area contributed by atoms with Crippen molar-refractivity contribution in [2.45, 2.75) is 6.10 Å². The van der Waals surface area contributed by atoms with Crippen molar-refractivity contribution in [1.29, 1.82) is 0 Å². The van der Waals surface area contributed by atoms with Gasteiger partial charge < -0.3 is 5.11 Å². The van der Waals surface area contributed by atoms with Crippen LogP contribution in [-0.4, -0.2) is 23.7 Å². The van der Waals surface area contributed by atoms with Crippen molar-refractivity contribution in [3.8, 4) is 0 Å². The van der Waals surface area contributed by atoms with Gasteiger partial charge in [0.2, 0.25) is 0 Å². The van der Waals surface area contributed by atoms with Crippen molar-refractivity contribution in [1.82, 2.24) is 5.48 Å². The molecule has 4 heteroatoms. The molecule has 9 heavy (non-hydrogen) atoms. The third-order valence-corrected chi connectivity index (χ3v) is 0.966. The van der Waals surface area contributed by atoms with Crippen LogP contribution in [0.2, 0.25) is 0 Å². The lowest BCUT2D eigenvalue weighted by Crippen LogP contribution is -2.32. The molecular formula is C5H7NO3. The van der Waals surface area contributed by atoms with E-state index in [2.05, 4.69) is 10.3 Å². The molecule has 0 bridgehead atoms. The first kappa shape index (κ1) is 6.25. The van der Waals surface area contributed by atoms with Crippen LogP contribution >= 0.6 is 0 Å². The molecule has 0 aliphatic carbocycles. The summed E-state index contributed by atoms with van der Waals surface area (Å²) in [5, 5.41) is 8.32. The Morgan fingerprint density at radius 1 is 1.89 bits per heavy atom. The molecule has 1 atom stereocenters. The van der Waals surface area contributed by atoms with E-state index in [0.29, 0.717) is 6.54 Å². The highest BCUT2D eigenvalue weighted by Gasteiger charge is 2.15. The average molecular weight is 129 g/mol. The van der Waals surface area contributed by atoms with Gasteiger partial charge in [-0.05, 0) is 6.08 Å². The van der Waals surface area contributed by atoms with Crippen molar-refractivity contribution in [3.63, 3.8) is 0 Å². The van der Waals surface area contributed by atoms with E-state index in [1.807, 2.05) is 0 Å². The lowest BCUT2D eigenvalue weighted by atomic mass is 10.3. The number of rotatable bonds is 1. The van der Waals surface area contributed by atoms with E-state index >= 15 is 0 Å². The highest BCUT2D eigenvalue weighted by atomic mass is 16.7. The molecule has 1 heterocycles. The first-order valence-electron chi connectivity index (χ1n) is 2.58. The topological polar surface area (TPSA) is 58.6 Å². The van der Waals surface area contributed by atoms with Crippen LogP contribution in [0.4, 0.5) is 0 Å². The van der Waals surface area contributed by atoms with Gasteiger partial charge in [0.15, 0.2) is 6.10 Å². The molecule has 2 N–H and O–H groups in total. The summed E-state index contributed by atoms with van der Waals surface area (Å²) in [5.41, 5.74) is 2.45. The van der Waals surface area contributed by atoms with Crippen LogP contribution in [0.5, 0.6) is 0 Å². The van der Waals surface area contributed by atoms with Gasteiger partial charge in [0, 0.05) is 6.54 Å². The van der Waals surface area contributed by atoms with Gasteiger partial charge >= 0.3 is 5.97 Å². The van der Waals surface area contributed by atoms with Crippen LogP contribution < -0.4 is 5.48 Å². The Morgan fingerprint density at radius 3 is 3.00 bits per heavy atom. The summed E-state index contributed by atoms with van der Waals surface area (Å²) in [5.74, 6) is -0.974. The van der Waals surface area contributed by atoms with E-state index in [0.717, 1.165) is 0 Å². The predicted octanol–water partition coefficient (Wildman–Crippen LogP) is -0.469. The van der Waals surface area contributed by atoms with E-state index < -0.39 is 12.1 Å². The molecule has 4 nitrogen and oxygen atoms in total. The van der Waals surface area contributed by atoms with Crippen LogP contribution in [0.25, 0.3) is 0 Å². The molecule has 0 aromatic rings. The van der Waals surface area contributed by atoms with Gasteiger partial charge in [-0.2, -0.15) is 5.48 Å². The average Bonchev–Trinajstić information content (AvgIpc) is 1.90. The number of aliphatic carboxylic acids is 1. The minimum Gasteiger partial charge on any atom is -0.479 e. The van der Waals surface area contributed by atoms with Crippen LogP contribution in [0.1, 0.15) is 0 Å². The lowest BCUT2D eigenvalue weighted by molar-refractivity contribution is -0.152. The van der Waals surface area contributed by atoms with Gasteiger partial charge in [-0.25, -0.2) is 4.79 Å². The first-order valence-corrected chi connectivity index (χ1v) is 2.58. The Labute approximate surface area is 52.1 Å². The molecule has 1 aliphatic rings. The summed E-state index contributed by atoms with van der Waals surface area (Å²) in [6, 6.07) is 0. The van der Waals surface area contributed by atoms with Crippen LogP contribution in [0, 0.1) is 0 Å². The van der Waals surface area contributed by atoms with Gasteiger partial charge in [0.05, 0.1) is 0 Å². The first-order chi connectivity index (χ1) is 4.30. The second-order valence-corrected chi connectivity index (χ2v) is 1.65. The zero-order valence-corrected chi connectivity index (χ0v) is 4.70. The lowest BCUT2D eigenvalue weighted by Gasteiger charge is -2.12. The Kier molecular flexibility index (Phi) is 1.81. The van der Waals surface area contributed by atoms with E-state index in [4.69, 9.17) is 5.11 Å².